The number of fused-ring (bicyclic) bond motifs is 1. The molecule has 3 atom stereocenters. The molecule has 0 spiro atoms. The minimum absolute atomic E-state index is 0.00740. The molecule has 1 aromatic heterocycles. The number of nitrogens with one attached hydrogen (secondary N) is 2. The molecular weight excluding hydrogens is 400 g/mol. The molecule has 0 radical (unpaired) electrons. The van der Waals surface area contributed by atoms with Gasteiger partial charge in [0, 0.05) is 43.0 Å². The van der Waals surface area contributed by atoms with Crippen LogP contribution in [-0.4, -0.2) is 47.0 Å². The van der Waals surface area contributed by atoms with E-state index < -0.39 is 0 Å². The van der Waals surface area contributed by atoms with E-state index >= 15 is 0 Å². The van der Waals surface area contributed by atoms with Crippen molar-refractivity contribution in [3.63, 3.8) is 0 Å². The first-order valence-corrected chi connectivity index (χ1v) is 11.3. The molecule has 0 aliphatic carbocycles. The van der Waals surface area contributed by atoms with Crippen molar-refractivity contribution in [2.75, 3.05) is 23.7 Å². The van der Waals surface area contributed by atoms with Gasteiger partial charge in [0.25, 0.3) is 0 Å². The van der Waals surface area contributed by atoms with Gasteiger partial charge in [0.1, 0.15) is 0 Å². The van der Waals surface area contributed by atoms with Crippen molar-refractivity contribution in [3.8, 4) is 0 Å². The molecule has 0 bridgehead atoms. The third kappa shape index (κ3) is 5.24. The van der Waals surface area contributed by atoms with Crippen molar-refractivity contribution >= 4 is 34.0 Å². The van der Waals surface area contributed by atoms with Gasteiger partial charge >= 0.3 is 0 Å². The lowest BCUT2D eigenvalue weighted by atomic mass is 9.89. The van der Waals surface area contributed by atoms with Crippen molar-refractivity contribution < 1.29 is 14.3 Å². The number of para-hydroxylation sites is 1. The van der Waals surface area contributed by atoms with E-state index in [1.54, 1.807) is 0 Å². The summed E-state index contributed by atoms with van der Waals surface area (Å²) < 4.78 is 5.77. The topological polar surface area (TPSA) is 83.6 Å². The predicted molar refractivity (Wildman–Crippen MR) is 118 cm³/mol. The SMILES string of the molecule is C[C@@H]1CN(Cc2csc(NC(=O)CC[C@H]3Cc4ccccc4NC3=O)n2)C[C@H](C)O1. The van der Waals surface area contributed by atoms with Crippen molar-refractivity contribution in [2.45, 2.75) is 51.9 Å². The standard InChI is InChI=1S/C22H28N4O3S/c1-14-10-26(11-15(2)29-14)12-18-13-30-22(23-18)25-20(27)8-7-17-9-16-5-3-4-6-19(16)24-21(17)28/h3-6,13-15,17H,7-12H2,1-2H3,(H,24,28)(H,23,25,27)/t14-,15+,17-/m0/s1. The summed E-state index contributed by atoms with van der Waals surface area (Å²) in [5.41, 5.74) is 2.96. The minimum Gasteiger partial charge on any atom is -0.373 e. The normalized spacial score (nSPS) is 24.2. The first-order chi connectivity index (χ1) is 14.5. The second-order valence-electron chi connectivity index (χ2n) is 8.23. The summed E-state index contributed by atoms with van der Waals surface area (Å²) in [6.07, 6.45) is 1.93. The van der Waals surface area contributed by atoms with Gasteiger partial charge in [-0.15, -0.1) is 11.3 Å². The number of amides is 2. The molecule has 7 nitrogen and oxygen atoms in total. The molecule has 0 unspecified atom stereocenters. The lowest BCUT2D eigenvalue weighted by Gasteiger charge is -2.34. The maximum Gasteiger partial charge on any atom is 0.227 e. The highest BCUT2D eigenvalue weighted by Gasteiger charge is 2.26. The van der Waals surface area contributed by atoms with E-state index in [1.807, 2.05) is 29.6 Å². The van der Waals surface area contributed by atoms with Gasteiger partial charge < -0.3 is 15.4 Å². The molecule has 4 rings (SSSR count). The zero-order chi connectivity index (χ0) is 21.1. The Bertz CT molecular complexity index is 905. The Morgan fingerprint density at radius 3 is 2.87 bits per heavy atom. The zero-order valence-electron chi connectivity index (χ0n) is 17.4. The molecule has 2 aromatic rings. The van der Waals surface area contributed by atoms with Gasteiger partial charge in [0.05, 0.1) is 17.9 Å². The number of hydrogen-bond donors (Lipinski definition) is 2. The third-order valence-electron chi connectivity index (χ3n) is 5.51. The number of ether oxygens (including phenoxy) is 1. The highest BCUT2D eigenvalue weighted by molar-refractivity contribution is 7.13. The molecule has 160 valence electrons. The van der Waals surface area contributed by atoms with Gasteiger partial charge in [0.15, 0.2) is 5.13 Å². The fraction of sp³-hybridized carbons (Fsp3) is 0.500. The number of benzene rings is 1. The molecular formula is C22H28N4O3S. The fourth-order valence-corrected chi connectivity index (χ4v) is 4.93. The van der Waals surface area contributed by atoms with E-state index in [0.29, 0.717) is 24.4 Å². The first kappa shape index (κ1) is 21.0. The fourth-order valence-electron chi connectivity index (χ4n) is 4.21. The van der Waals surface area contributed by atoms with E-state index in [2.05, 4.69) is 34.4 Å². The van der Waals surface area contributed by atoms with Gasteiger partial charge in [-0.1, -0.05) is 18.2 Å². The Kier molecular flexibility index (Phi) is 6.46. The number of morpholine rings is 1. The van der Waals surface area contributed by atoms with Gasteiger partial charge in [0.2, 0.25) is 11.8 Å². The van der Waals surface area contributed by atoms with Gasteiger partial charge in [-0.3, -0.25) is 14.5 Å². The highest BCUT2D eigenvalue weighted by atomic mass is 32.1. The lowest BCUT2D eigenvalue weighted by molar-refractivity contribution is -0.121. The van der Waals surface area contributed by atoms with Gasteiger partial charge in [-0.25, -0.2) is 4.98 Å². The summed E-state index contributed by atoms with van der Waals surface area (Å²) in [6, 6.07) is 7.82. The van der Waals surface area contributed by atoms with Crippen LogP contribution >= 0.6 is 11.3 Å². The molecule has 1 saturated heterocycles. The van der Waals surface area contributed by atoms with Crippen LogP contribution in [0, 0.1) is 5.92 Å². The summed E-state index contributed by atoms with van der Waals surface area (Å²) in [6.45, 7) is 6.69. The molecule has 2 N–H and O–H groups in total. The van der Waals surface area contributed by atoms with Gasteiger partial charge in [-0.05, 0) is 38.3 Å². The Labute approximate surface area is 180 Å². The van der Waals surface area contributed by atoms with Crippen molar-refractivity contribution in [2.24, 2.45) is 5.92 Å². The Morgan fingerprint density at radius 1 is 1.30 bits per heavy atom. The van der Waals surface area contributed by atoms with E-state index in [1.165, 1.54) is 11.3 Å². The van der Waals surface area contributed by atoms with E-state index in [9.17, 15) is 9.59 Å². The number of hydrogen-bond acceptors (Lipinski definition) is 6. The number of nitrogens with zero attached hydrogens (tertiary/aromatic N) is 2. The Balaban J connectivity index is 1.25. The molecule has 2 aliphatic heterocycles. The summed E-state index contributed by atoms with van der Waals surface area (Å²) in [4.78, 5) is 31.6. The number of thiazole rings is 1. The van der Waals surface area contributed by atoms with E-state index in [0.717, 1.165) is 36.6 Å². The maximum absolute atomic E-state index is 12.4. The van der Waals surface area contributed by atoms with Crippen LogP contribution in [0.4, 0.5) is 10.8 Å². The average molecular weight is 429 g/mol. The smallest absolute Gasteiger partial charge is 0.227 e. The second kappa shape index (κ2) is 9.24. The van der Waals surface area contributed by atoms with E-state index in [4.69, 9.17) is 4.74 Å². The lowest BCUT2D eigenvalue weighted by Crippen LogP contribution is -2.44. The Morgan fingerprint density at radius 2 is 2.07 bits per heavy atom. The first-order valence-electron chi connectivity index (χ1n) is 10.5. The molecule has 1 aromatic carbocycles. The average Bonchev–Trinajstić information content (AvgIpc) is 3.12. The van der Waals surface area contributed by atoms with Crippen molar-refractivity contribution in [1.82, 2.24) is 9.88 Å². The molecule has 8 heteroatoms. The van der Waals surface area contributed by atoms with Gasteiger partial charge in [-0.2, -0.15) is 0 Å². The van der Waals surface area contributed by atoms with Crippen LogP contribution in [0.15, 0.2) is 29.6 Å². The quantitative estimate of drug-likeness (QED) is 0.738. The summed E-state index contributed by atoms with van der Waals surface area (Å²) >= 11 is 1.44. The Hall–Kier alpha value is -2.29. The largest absolute Gasteiger partial charge is 0.373 e. The third-order valence-corrected chi connectivity index (χ3v) is 6.32. The number of carbonyl (C=O) groups excluding carboxylic acids is 2. The van der Waals surface area contributed by atoms with Crippen LogP contribution < -0.4 is 10.6 Å². The second-order valence-corrected chi connectivity index (χ2v) is 9.09. The van der Waals surface area contributed by atoms with Crippen LogP contribution in [-0.2, 0) is 27.3 Å². The van der Waals surface area contributed by atoms with Crippen LogP contribution in [0.25, 0.3) is 0 Å². The van der Waals surface area contributed by atoms with Crippen LogP contribution in [0.5, 0.6) is 0 Å². The monoisotopic (exact) mass is 428 g/mol. The van der Waals surface area contributed by atoms with Crippen LogP contribution in [0.3, 0.4) is 0 Å². The minimum atomic E-state index is -0.178. The molecule has 30 heavy (non-hydrogen) atoms. The predicted octanol–water partition coefficient (Wildman–Crippen LogP) is 3.28. The van der Waals surface area contributed by atoms with Crippen LogP contribution in [0.2, 0.25) is 0 Å². The zero-order valence-corrected chi connectivity index (χ0v) is 18.2. The molecule has 2 amide bonds. The summed E-state index contributed by atoms with van der Waals surface area (Å²) in [5.74, 6) is -0.286. The number of rotatable bonds is 6. The number of carbonyl (C=O) groups is 2. The number of aromatic nitrogens is 1. The maximum atomic E-state index is 12.4. The molecule has 2 aliphatic rings. The molecule has 3 heterocycles. The van der Waals surface area contributed by atoms with Crippen molar-refractivity contribution in [3.05, 3.63) is 40.9 Å². The van der Waals surface area contributed by atoms with Crippen LogP contribution in [0.1, 0.15) is 37.9 Å². The molecule has 0 saturated carbocycles. The molecule has 1 fully saturated rings. The highest BCUT2D eigenvalue weighted by Crippen LogP contribution is 2.28. The van der Waals surface area contributed by atoms with E-state index in [-0.39, 0.29) is 29.9 Å². The number of anilines is 2. The van der Waals surface area contributed by atoms with Crippen molar-refractivity contribution in [1.29, 1.82) is 0 Å². The summed E-state index contributed by atoms with van der Waals surface area (Å²) in [7, 11) is 0. The summed E-state index contributed by atoms with van der Waals surface area (Å²) in [5, 5.41) is 8.43.